The number of allylic oxidation sites excluding steroid dienone is 3. The van der Waals surface area contributed by atoms with Crippen LogP contribution in [0.25, 0.3) is 0 Å². The van der Waals surface area contributed by atoms with Crippen molar-refractivity contribution in [3.05, 3.63) is 120 Å². The number of benzene rings is 1. The summed E-state index contributed by atoms with van der Waals surface area (Å²) in [5.41, 5.74) is 5.95. The smallest absolute Gasteiger partial charge is 0.208 e. The van der Waals surface area contributed by atoms with E-state index in [0.29, 0.717) is 0 Å². The van der Waals surface area contributed by atoms with Gasteiger partial charge in [-0.1, -0.05) is 18.2 Å². The van der Waals surface area contributed by atoms with Gasteiger partial charge in [0, 0.05) is 42.5 Å². The van der Waals surface area contributed by atoms with Crippen LogP contribution in [0, 0.1) is 5.82 Å². The third kappa shape index (κ3) is 2.54. The molecule has 4 aliphatic rings. The van der Waals surface area contributed by atoms with Crippen LogP contribution in [-0.2, 0) is 5.66 Å². The predicted molar refractivity (Wildman–Crippen MR) is 114 cm³/mol. The summed E-state index contributed by atoms with van der Waals surface area (Å²) in [5, 5.41) is 10.1. The lowest BCUT2D eigenvalue weighted by Gasteiger charge is -2.47. The van der Waals surface area contributed by atoms with Gasteiger partial charge >= 0.3 is 0 Å². The van der Waals surface area contributed by atoms with E-state index >= 15 is 0 Å². The molecule has 1 aromatic carbocycles. The Morgan fingerprint density at radius 2 is 1.97 bits per heavy atom. The number of hydrogen-bond acceptors (Lipinski definition) is 7. The molecule has 0 saturated heterocycles. The van der Waals surface area contributed by atoms with E-state index in [1.807, 2.05) is 35.6 Å². The first-order chi connectivity index (χ1) is 15.3. The summed E-state index contributed by atoms with van der Waals surface area (Å²) >= 11 is 0. The summed E-state index contributed by atoms with van der Waals surface area (Å²) in [5.74, 6) is 0.455. The van der Waals surface area contributed by atoms with Gasteiger partial charge in [0.2, 0.25) is 5.66 Å². The minimum absolute atomic E-state index is 0.290. The minimum atomic E-state index is -0.906. The molecule has 1 unspecified atom stereocenters. The molecule has 0 fully saturated rings. The summed E-state index contributed by atoms with van der Waals surface area (Å²) in [4.78, 5) is 9.26. The van der Waals surface area contributed by atoms with E-state index < -0.39 is 5.66 Å². The average Bonchev–Trinajstić information content (AvgIpc) is 3.43. The zero-order chi connectivity index (χ0) is 20.8. The second kappa shape index (κ2) is 6.66. The molecule has 0 radical (unpaired) electrons. The van der Waals surface area contributed by atoms with Gasteiger partial charge in [-0.25, -0.2) is 14.4 Å². The quantitative estimate of drug-likeness (QED) is 0.838. The molecule has 0 spiro atoms. The molecule has 4 aliphatic heterocycles. The van der Waals surface area contributed by atoms with E-state index in [9.17, 15) is 4.39 Å². The van der Waals surface area contributed by atoms with Crippen molar-refractivity contribution in [3.8, 4) is 0 Å². The van der Waals surface area contributed by atoms with Crippen molar-refractivity contribution in [2.45, 2.75) is 5.66 Å². The van der Waals surface area contributed by atoms with E-state index in [2.05, 4.69) is 50.0 Å². The van der Waals surface area contributed by atoms with Gasteiger partial charge in [-0.05, 0) is 36.4 Å². The number of aromatic nitrogens is 2. The lowest BCUT2D eigenvalue weighted by molar-refractivity contribution is 0.0588. The Kier molecular flexibility index (Phi) is 3.79. The number of rotatable bonds is 3. The van der Waals surface area contributed by atoms with Gasteiger partial charge in [0.1, 0.15) is 11.5 Å². The van der Waals surface area contributed by atoms with E-state index in [1.54, 1.807) is 24.5 Å². The summed E-state index contributed by atoms with van der Waals surface area (Å²) in [6, 6.07) is 8.35. The fraction of sp³-hybridized carbons (Fsp3) is 0.0870. The van der Waals surface area contributed by atoms with Crippen LogP contribution in [0.5, 0.6) is 0 Å². The van der Waals surface area contributed by atoms with Crippen LogP contribution < -0.4 is 5.43 Å². The fourth-order valence-electron chi connectivity index (χ4n) is 4.35. The van der Waals surface area contributed by atoms with Crippen LogP contribution in [0.1, 0.15) is 11.1 Å². The summed E-state index contributed by atoms with van der Waals surface area (Å²) < 4.78 is 13.7. The molecule has 5 heterocycles. The molecule has 0 aliphatic carbocycles. The Hall–Kier alpha value is -4.20. The third-order valence-corrected chi connectivity index (χ3v) is 5.73. The molecular weight excluding hydrogens is 393 g/mol. The molecule has 1 aromatic heterocycles. The van der Waals surface area contributed by atoms with Gasteiger partial charge in [-0.2, -0.15) is 10.2 Å². The highest BCUT2D eigenvalue weighted by Gasteiger charge is 2.54. The standard InChI is InChI=1S/C23H18FN7/c24-19-7-5-17(6-8-19)22-23(18-9-11-25-26-15-18,31-21(28-22)4-1-10-27-31)30-14-13-29-12-2-3-20(29)16-30/h1-11,13-16,27H,12H2. The molecule has 1 atom stereocenters. The highest BCUT2D eigenvalue weighted by atomic mass is 19.1. The molecule has 0 bridgehead atoms. The number of hydrazine groups is 1. The van der Waals surface area contributed by atoms with E-state index in [0.717, 1.165) is 34.9 Å². The molecule has 31 heavy (non-hydrogen) atoms. The number of fused-ring (bicyclic) bond motifs is 2. The van der Waals surface area contributed by atoms with Crippen molar-refractivity contribution >= 4 is 5.71 Å². The molecule has 8 heteroatoms. The first-order valence-electron chi connectivity index (χ1n) is 9.94. The molecule has 0 amide bonds. The lowest BCUT2D eigenvalue weighted by atomic mass is 9.89. The van der Waals surface area contributed by atoms with Crippen molar-refractivity contribution in [2.75, 3.05) is 6.54 Å². The van der Waals surface area contributed by atoms with Crippen molar-refractivity contribution in [3.63, 3.8) is 0 Å². The number of nitrogens with one attached hydrogen (secondary N) is 1. The Bertz CT molecular complexity index is 1210. The lowest BCUT2D eigenvalue weighted by Crippen LogP contribution is -2.60. The monoisotopic (exact) mass is 411 g/mol. The van der Waals surface area contributed by atoms with Crippen LogP contribution in [0.15, 0.2) is 108 Å². The first-order valence-corrected chi connectivity index (χ1v) is 9.94. The van der Waals surface area contributed by atoms with E-state index in [1.165, 1.54) is 12.1 Å². The zero-order valence-corrected chi connectivity index (χ0v) is 16.4. The zero-order valence-electron chi connectivity index (χ0n) is 16.4. The Balaban J connectivity index is 1.62. The van der Waals surface area contributed by atoms with Gasteiger partial charge < -0.3 is 15.2 Å². The fourth-order valence-corrected chi connectivity index (χ4v) is 4.35. The van der Waals surface area contributed by atoms with E-state index in [4.69, 9.17) is 4.99 Å². The molecule has 2 aromatic rings. The topological polar surface area (TPSA) is 59.9 Å². The predicted octanol–water partition coefficient (Wildman–Crippen LogP) is 2.95. The molecule has 0 saturated carbocycles. The van der Waals surface area contributed by atoms with E-state index in [-0.39, 0.29) is 5.82 Å². The maximum atomic E-state index is 13.7. The first kappa shape index (κ1) is 17.6. The second-order valence-electron chi connectivity index (χ2n) is 7.43. The van der Waals surface area contributed by atoms with Crippen LogP contribution in [0.3, 0.4) is 0 Å². The Morgan fingerprint density at radius 3 is 2.81 bits per heavy atom. The van der Waals surface area contributed by atoms with Gasteiger partial charge in [0.25, 0.3) is 0 Å². The summed E-state index contributed by atoms with van der Waals surface area (Å²) in [7, 11) is 0. The highest BCUT2D eigenvalue weighted by Crippen LogP contribution is 2.45. The van der Waals surface area contributed by atoms with Crippen LogP contribution in [0.4, 0.5) is 4.39 Å². The Morgan fingerprint density at radius 1 is 1.06 bits per heavy atom. The third-order valence-electron chi connectivity index (χ3n) is 5.73. The molecule has 6 rings (SSSR count). The average molecular weight is 411 g/mol. The van der Waals surface area contributed by atoms with Crippen molar-refractivity contribution in [1.29, 1.82) is 0 Å². The van der Waals surface area contributed by atoms with Gasteiger partial charge in [0.05, 0.1) is 18.1 Å². The van der Waals surface area contributed by atoms with Crippen LogP contribution in [0.2, 0.25) is 0 Å². The minimum Gasteiger partial charge on any atom is -0.342 e. The van der Waals surface area contributed by atoms with Crippen molar-refractivity contribution in [1.82, 2.24) is 30.4 Å². The molecule has 152 valence electrons. The van der Waals surface area contributed by atoms with Gasteiger partial charge in [-0.15, -0.1) is 0 Å². The summed E-state index contributed by atoms with van der Waals surface area (Å²) in [6.45, 7) is 0.842. The number of aliphatic imine (C=N–C) groups is 1. The van der Waals surface area contributed by atoms with Crippen molar-refractivity contribution < 1.29 is 4.39 Å². The maximum Gasteiger partial charge on any atom is 0.208 e. The number of nitrogens with zero attached hydrogens (tertiary/aromatic N) is 6. The Labute approximate surface area is 178 Å². The van der Waals surface area contributed by atoms with Crippen LogP contribution in [-0.4, -0.2) is 37.3 Å². The number of hydrogen-bond donors (Lipinski definition) is 1. The largest absolute Gasteiger partial charge is 0.342 e. The maximum absolute atomic E-state index is 13.7. The normalized spacial score (nSPS) is 23.3. The summed E-state index contributed by atoms with van der Waals surface area (Å²) in [6.07, 6.45) is 19.5. The molecular formula is C23H18FN7. The second-order valence-corrected chi connectivity index (χ2v) is 7.43. The SMILES string of the molecule is Fc1ccc(C2=NC3=CC=CNN3C2(c2ccnnc2)N2C=CN3CC=CC3=C2)cc1. The number of halogens is 1. The van der Waals surface area contributed by atoms with Crippen molar-refractivity contribution in [2.24, 2.45) is 4.99 Å². The molecule has 1 N–H and O–H groups in total. The molecule has 7 nitrogen and oxygen atoms in total. The van der Waals surface area contributed by atoms with Gasteiger partial charge in [0.15, 0.2) is 5.82 Å². The van der Waals surface area contributed by atoms with Crippen LogP contribution >= 0.6 is 0 Å². The highest BCUT2D eigenvalue weighted by molar-refractivity contribution is 6.09. The van der Waals surface area contributed by atoms with Gasteiger partial charge in [-0.3, -0.25) is 0 Å².